The molecule has 25 heavy (non-hydrogen) atoms. The van der Waals surface area contributed by atoms with Crippen LogP contribution in [0.3, 0.4) is 0 Å². The Balaban J connectivity index is 1.81. The van der Waals surface area contributed by atoms with Crippen molar-refractivity contribution in [3.8, 4) is 28.3 Å². The highest BCUT2D eigenvalue weighted by Crippen LogP contribution is 2.37. The molecule has 0 atom stereocenters. The van der Waals surface area contributed by atoms with Crippen molar-refractivity contribution >= 4 is 16.9 Å². The van der Waals surface area contributed by atoms with Gasteiger partial charge < -0.3 is 15.8 Å². The monoisotopic (exact) mass is 328 g/mol. The lowest BCUT2D eigenvalue weighted by atomic mass is 10.00. The van der Waals surface area contributed by atoms with Gasteiger partial charge in [0, 0.05) is 11.1 Å². The van der Waals surface area contributed by atoms with Crippen molar-refractivity contribution < 1.29 is 5.11 Å². The topological polar surface area (TPSA) is 98.8 Å². The van der Waals surface area contributed by atoms with Crippen LogP contribution in [0.1, 0.15) is 5.56 Å². The zero-order chi connectivity index (χ0) is 17.4. The molecule has 5 heteroatoms. The van der Waals surface area contributed by atoms with Gasteiger partial charge in [0.25, 0.3) is 0 Å². The van der Waals surface area contributed by atoms with Crippen molar-refractivity contribution in [3.63, 3.8) is 0 Å². The zero-order valence-electron chi connectivity index (χ0n) is 13.3. The Morgan fingerprint density at radius 3 is 2.36 bits per heavy atom. The predicted molar refractivity (Wildman–Crippen MR) is 99.6 cm³/mol. The summed E-state index contributed by atoms with van der Waals surface area (Å²) in [6.07, 6.45) is 0. The minimum atomic E-state index is 0.0202. The van der Waals surface area contributed by atoms with Crippen LogP contribution in [0.5, 0.6) is 5.75 Å². The summed E-state index contributed by atoms with van der Waals surface area (Å²) in [6, 6.07) is 20.5. The minimum Gasteiger partial charge on any atom is -0.507 e. The third-order valence-electron chi connectivity index (χ3n) is 4.19. The molecular formula is C20H16N4O. The molecule has 1 aromatic heterocycles. The lowest BCUT2D eigenvalue weighted by Crippen LogP contribution is -2.10. The Morgan fingerprint density at radius 1 is 0.920 bits per heavy atom. The van der Waals surface area contributed by atoms with Gasteiger partial charge in [-0.25, -0.2) is 4.98 Å². The first-order valence-corrected chi connectivity index (χ1v) is 7.85. The summed E-state index contributed by atoms with van der Waals surface area (Å²) in [5, 5.41) is 18.2. The molecule has 1 heterocycles. The lowest BCUT2D eigenvalue weighted by molar-refractivity contribution is 0.479. The van der Waals surface area contributed by atoms with Gasteiger partial charge in [-0.3, -0.25) is 5.41 Å². The van der Waals surface area contributed by atoms with Crippen LogP contribution in [-0.2, 0) is 0 Å². The number of hydrogen-bond acceptors (Lipinski definition) is 3. The number of rotatable bonds is 3. The number of nitrogens with two attached hydrogens (primary N) is 1. The maximum Gasteiger partial charge on any atom is 0.142 e. The van der Waals surface area contributed by atoms with E-state index in [0.29, 0.717) is 22.5 Å². The SMILES string of the molecule is N=C(N)c1ccc(-c2cccc(-c3nc4ccccc4[nH]3)c2O)cc1. The van der Waals surface area contributed by atoms with E-state index in [-0.39, 0.29) is 11.6 Å². The molecule has 0 aliphatic carbocycles. The van der Waals surface area contributed by atoms with Crippen LogP contribution in [-0.4, -0.2) is 20.9 Å². The molecule has 0 saturated heterocycles. The van der Waals surface area contributed by atoms with Crippen molar-refractivity contribution in [2.24, 2.45) is 5.73 Å². The molecule has 0 amide bonds. The quantitative estimate of drug-likeness (QED) is 0.339. The summed E-state index contributed by atoms with van der Waals surface area (Å²) >= 11 is 0. The van der Waals surface area contributed by atoms with Gasteiger partial charge >= 0.3 is 0 Å². The Morgan fingerprint density at radius 2 is 1.64 bits per heavy atom. The van der Waals surface area contributed by atoms with Crippen LogP contribution in [0.4, 0.5) is 0 Å². The third-order valence-corrected chi connectivity index (χ3v) is 4.19. The van der Waals surface area contributed by atoms with E-state index in [2.05, 4.69) is 9.97 Å². The van der Waals surface area contributed by atoms with Crippen molar-refractivity contribution in [3.05, 3.63) is 72.3 Å². The summed E-state index contributed by atoms with van der Waals surface area (Å²) in [5.41, 5.74) is 10.1. The Kier molecular flexibility index (Phi) is 3.47. The molecule has 5 N–H and O–H groups in total. The minimum absolute atomic E-state index is 0.0202. The number of benzene rings is 3. The molecule has 4 aromatic rings. The van der Waals surface area contributed by atoms with Gasteiger partial charge in [-0.2, -0.15) is 0 Å². The molecule has 122 valence electrons. The number of aromatic amines is 1. The van der Waals surface area contributed by atoms with Gasteiger partial charge in [0.05, 0.1) is 16.6 Å². The second-order valence-electron chi connectivity index (χ2n) is 5.80. The van der Waals surface area contributed by atoms with Crippen LogP contribution in [0, 0.1) is 5.41 Å². The number of nitrogens with one attached hydrogen (secondary N) is 2. The highest BCUT2D eigenvalue weighted by atomic mass is 16.3. The molecule has 4 rings (SSSR count). The fraction of sp³-hybridized carbons (Fsp3) is 0. The smallest absolute Gasteiger partial charge is 0.142 e. The molecular weight excluding hydrogens is 312 g/mol. The average molecular weight is 328 g/mol. The summed E-state index contributed by atoms with van der Waals surface area (Å²) < 4.78 is 0. The van der Waals surface area contributed by atoms with Crippen molar-refractivity contribution in [2.75, 3.05) is 0 Å². The van der Waals surface area contributed by atoms with Crippen LogP contribution < -0.4 is 5.73 Å². The molecule has 0 fully saturated rings. The van der Waals surface area contributed by atoms with E-state index in [1.165, 1.54) is 0 Å². The fourth-order valence-electron chi connectivity index (χ4n) is 2.88. The predicted octanol–water partition coefficient (Wildman–Crippen LogP) is 3.89. The van der Waals surface area contributed by atoms with E-state index in [1.807, 2.05) is 54.6 Å². The molecule has 0 bridgehead atoms. The first kappa shape index (κ1) is 15.0. The number of aromatic hydroxyl groups is 1. The number of imidazole rings is 1. The van der Waals surface area contributed by atoms with Gasteiger partial charge in [0.2, 0.25) is 0 Å². The third kappa shape index (κ3) is 2.61. The van der Waals surface area contributed by atoms with Gasteiger partial charge in [-0.1, -0.05) is 48.5 Å². The highest BCUT2D eigenvalue weighted by Gasteiger charge is 2.14. The zero-order valence-corrected chi connectivity index (χ0v) is 13.3. The Hall–Kier alpha value is -3.60. The summed E-state index contributed by atoms with van der Waals surface area (Å²) in [6.45, 7) is 0. The van der Waals surface area contributed by atoms with Crippen LogP contribution >= 0.6 is 0 Å². The number of nitrogen functional groups attached to an aromatic ring is 1. The molecule has 0 radical (unpaired) electrons. The lowest BCUT2D eigenvalue weighted by Gasteiger charge is -2.09. The maximum atomic E-state index is 10.8. The van der Waals surface area contributed by atoms with Gasteiger partial charge in [0.1, 0.15) is 17.4 Å². The molecule has 0 aliphatic rings. The molecule has 0 aliphatic heterocycles. The van der Waals surface area contributed by atoms with Crippen LogP contribution in [0.2, 0.25) is 0 Å². The van der Waals surface area contributed by atoms with Crippen LogP contribution in [0.15, 0.2) is 66.7 Å². The van der Waals surface area contributed by atoms with E-state index < -0.39 is 0 Å². The number of hydrogen-bond donors (Lipinski definition) is 4. The number of para-hydroxylation sites is 3. The Labute approximate surface area is 144 Å². The summed E-state index contributed by atoms with van der Waals surface area (Å²) in [5.74, 6) is 0.810. The number of H-pyrrole nitrogens is 1. The van der Waals surface area contributed by atoms with Crippen molar-refractivity contribution in [1.82, 2.24) is 9.97 Å². The molecule has 0 saturated carbocycles. The number of aromatic nitrogens is 2. The Bertz CT molecular complexity index is 1050. The second kappa shape index (κ2) is 5.79. The molecule has 5 nitrogen and oxygen atoms in total. The first-order chi connectivity index (χ1) is 12.1. The number of phenolic OH excluding ortho intramolecular Hbond substituents is 1. The maximum absolute atomic E-state index is 10.8. The number of amidine groups is 1. The average Bonchev–Trinajstić information content (AvgIpc) is 3.06. The first-order valence-electron chi connectivity index (χ1n) is 7.85. The second-order valence-corrected chi connectivity index (χ2v) is 5.80. The van der Waals surface area contributed by atoms with E-state index in [1.54, 1.807) is 12.1 Å². The van der Waals surface area contributed by atoms with Crippen molar-refractivity contribution in [2.45, 2.75) is 0 Å². The van der Waals surface area contributed by atoms with E-state index >= 15 is 0 Å². The fourth-order valence-corrected chi connectivity index (χ4v) is 2.88. The van der Waals surface area contributed by atoms with Gasteiger partial charge in [0.15, 0.2) is 0 Å². The standard InChI is InChI=1S/C20H16N4O/c21-19(22)13-10-8-12(9-11-13)14-4-3-5-15(18(14)25)20-23-16-6-1-2-7-17(16)24-20/h1-11,25H,(H3,21,22)(H,23,24). The van der Waals surface area contributed by atoms with Gasteiger partial charge in [-0.05, 0) is 23.8 Å². The van der Waals surface area contributed by atoms with E-state index in [0.717, 1.165) is 16.6 Å². The largest absolute Gasteiger partial charge is 0.507 e. The summed E-state index contributed by atoms with van der Waals surface area (Å²) in [7, 11) is 0. The number of nitrogens with zero attached hydrogens (tertiary/aromatic N) is 1. The molecule has 3 aromatic carbocycles. The van der Waals surface area contributed by atoms with E-state index in [4.69, 9.17) is 11.1 Å². The van der Waals surface area contributed by atoms with Gasteiger partial charge in [-0.15, -0.1) is 0 Å². The number of phenols is 1. The normalized spacial score (nSPS) is 10.9. The van der Waals surface area contributed by atoms with Crippen molar-refractivity contribution in [1.29, 1.82) is 5.41 Å². The molecule has 0 unspecified atom stereocenters. The van der Waals surface area contributed by atoms with Crippen LogP contribution in [0.25, 0.3) is 33.5 Å². The highest BCUT2D eigenvalue weighted by molar-refractivity contribution is 5.95. The summed E-state index contributed by atoms with van der Waals surface area (Å²) in [4.78, 5) is 7.80. The molecule has 0 spiro atoms. The number of fused-ring (bicyclic) bond motifs is 1. The van der Waals surface area contributed by atoms with E-state index in [9.17, 15) is 5.11 Å².